The van der Waals surface area contributed by atoms with E-state index in [1.807, 2.05) is 36.4 Å². The number of hydrogen-bond donors (Lipinski definition) is 0. The standard InChI is InChI=1S/C20H22ClN3O2/c1-3-23(4-2)13-14-26-19-20(25)24(16-11-9-15(21)10-12-16)18-8-6-5-7-17(18)22-19/h5-12H,3-4,13-14H2,1-2H3. The lowest BCUT2D eigenvalue weighted by Crippen LogP contribution is -2.30. The van der Waals surface area contributed by atoms with Crippen LogP contribution in [0.3, 0.4) is 0 Å². The number of rotatable bonds is 7. The van der Waals surface area contributed by atoms with E-state index in [1.54, 1.807) is 16.7 Å². The van der Waals surface area contributed by atoms with Crippen molar-refractivity contribution in [3.8, 4) is 11.6 Å². The first-order valence-corrected chi connectivity index (χ1v) is 9.14. The SMILES string of the molecule is CCN(CC)CCOc1nc2ccccc2n(-c2ccc(Cl)cc2)c1=O. The van der Waals surface area contributed by atoms with Crippen molar-refractivity contribution >= 4 is 22.6 Å². The average Bonchev–Trinajstić information content (AvgIpc) is 2.67. The molecule has 0 amide bonds. The van der Waals surface area contributed by atoms with Crippen LogP contribution >= 0.6 is 11.6 Å². The minimum Gasteiger partial charge on any atom is -0.472 e. The Morgan fingerprint density at radius 3 is 2.46 bits per heavy atom. The molecule has 6 heteroatoms. The van der Waals surface area contributed by atoms with Crippen LogP contribution in [0.25, 0.3) is 16.7 Å². The summed E-state index contributed by atoms with van der Waals surface area (Å²) in [5, 5.41) is 0.621. The molecule has 0 atom stereocenters. The lowest BCUT2D eigenvalue weighted by atomic mass is 10.2. The Morgan fingerprint density at radius 1 is 1.08 bits per heavy atom. The van der Waals surface area contributed by atoms with Gasteiger partial charge < -0.3 is 9.64 Å². The molecular formula is C20H22ClN3O2. The van der Waals surface area contributed by atoms with Crippen LogP contribution in [0, 0.1) is 0 Å². The van der Waals surface area contributed by atoms with E-state index in [9.17, 15) is 4.79 Å². The van der Waals surface area contributed by atoms with Gasteiger partial charge in [-0.05, 0) is 49.5 Å². The predicted molar refractivity (Wildman–Crippen MR) is 106 cm³/mol. The van der Waals surface area contributed by atoms with Crippen molar-refractivity contribution in [3.05, 3.63) is 63.9 Å². The molecule has 5 nitrogen and oxygen atoms in total. The zero-order valence-electron chi connectivity index (χ0n) is 15.0. The van der Waals surface area contributed by atoms with Crippen LogP contribution < -0.4 is 10.3 Å². The molecule has 0 aliphatic heterocycles. The first-order chi connectivity index (χ1) is 12.6. The van der Waals surface area contributed by atoms with Crippen LogP contribution in [0.1, 0.15) is 13.8 Å². The molecule has 0 fully saturated rings. The molecule has 0 N–H and O–H groups in total. The number of aromatic nitrogens is 2. The first kappa shape index (κ1) is 18.4. The highest BCUT2D eigenvalue weighted by Gasteiger charge is 2.14. The van der Waals surface area contributed by atoms with Gasteiger partial charge in [0.1, 0.15) is 6.61 Å². The molecule has 0 saturated heterocycles. The highest BCUT2D eigenvalue weighted by atomic mass is 35.5. The number of para-hydroxylation sites is 2. The van der Waals surface area contributed by atoms with Crippen molar-refractivity contribution < 1.29 is 4.74 Å². The number of hydrogen-bond acceptors (Lipinski definition) is 4. The quantitative estimate of drug-likeness (QED) is 0.634. The summed E-state index contributed by atoms with van der Waals surface area (Å²) in [6, 6.07) is 14.7. The number of benzene rings is 2. The van der Waals surface area contributed by atoms with Gasteiger partial charge in [-0.3, -0.25) is 9.36 Å². The van der Waals surface area contributed by atoms with E-state index < -0.39 is 0 Å². The summed E-state index contributed by atoms with van der Waals surface area (Å²) in [6.07, 6.45) is 0. The molecule has 1 heterocycles. The molecule has 2 aromatic carbocycles. The molecule has 0 aliphatic carbocycles. The van der Waals surface area contributed by atoms with Crippen molar-refractivity contribution in [2.75, 3.05) is 26.2 Å². The first-order valence-electron chi connectivity index (χ1n) is 8.77. The molecule has 0 radical (unpaired) electrons. The molecule has 0 bridgehead atoms. The number of likely N-dealkylation sites (N-methyl/N-ethyl adjacent to an activating group) is 1. The van der Waals surface area contributed by atoms with Gasteiger partial charge in [0.25, 0.3) is 5.88 Å². The van der Waals surface area contributed by atoms with E-state index in [1.165, 1.54) is 0 Å². The summed E-state index contributed by atoms with van der Waals surface area (Å²) in [6.45, 7) is 7.27. The van der Waals surface area contributed by atoms with Crippen LogP contribution in [0.5, 0.6) is 5.88 Å². The van der Waals surface area contributed by atoms with E-state index in [4.69, 9.17) is 16.3 Å². The van der Waals surface area contributed by atoms with Gasteiger partial charge in [0.15, 0.2) is 0 Å². The fourth-order valence-electron chi connectivity index (χ4n) is 2.86. The zero-order chi connectivity index (χ0) is 18.5. The Labute approximate surface area is 157 Å². The van der Waals surface area contributed by atoms with Crippen LogP contribution in [0.2, 0.25) is 5.02 Å². The van der Waals surface area contributed by atoms with Crippen molar-refractivity contribution in [2.24, 2.45) is 0 Å². The van der Waals surface area contributed by atoms with Gasteiger partial charge in [0.05, 0.1) is 11.0 Å². The molecule has 26 heavy (non-hydrogen) atoms. The van der Waals surface area contributed by atoms with Gasteiger partial charge in [-0.15, -0.1) is 0 Å². The van der Waals surface area contributed by atoms with Crippen molar-refractivity contribution in [3.63, 3.8) is 0 Å². The summed E-state index contributed by atoms with van der Waals surface area (Å²) in [5.74, 6) is 0.116. The molecular weight excluding hydrogens is 350 g/mol. The minimum atomic E-state index is -0.273. The summed E-state index contributed by atoms with van der Waals surface area (Å²) in [5.41, 5.74) is 1.90. The summed E-state index contributed by atoms with van der Waals surface area (Å²) in [4.78, 5) is 19.7. The maximum absolute atomic E-state index is 13.0. The lowest BCUT2D eigenvalue weighted by Gasteiger charge is -2.18. The van der Waals surface area contributed by atoms with Crippen LogP contribution in [-0.2, 0) is 0 Å². The summed E-state index contributed by atoms with van der Waals surface area (Å²) >= 11 is 5.98. The Balaban J connectivity index is 2.01. The molecule has 0 aliphatic rings. The molecule has 0 unspecified atom stereocenters. The minimum absolute atomic E-state index is 0.116. The molecule has 0 saturated carbocycles. The second kappa shape index (κ2) is 8.34. The van der Waals surface area contributed by atoms with Gasteiger partial charge in [0, 0.05) is 17.3 Å². The summed E-state index contributed by atoms with van der Waals surface area (Å²) < 4.78 is 7.37. The largest absolute Gasteiger partial charge is 0.472 e. The Kier molecular flexibility index (Phi) is 5.91. The monoisotopic (exact) mass is 371 g/mol. The second-order valence-corrected chi connectivity index (χ2v) is 6.33. The van der Waals surface area contributed by atoms with E-state index in [-0.39, 0.29) is 11.4 Å². The van der Waals surface area contributed by atoms with E-state index in [0.29, 0.717) is 17.1 Å². The maximum Gasteiger partial charge on any atom is 0.318 e. The van der Waals surface area contributed by atoms with Gasteiger partial charge in [-0.2, -0.15) is 0 Å². The van der Waals surface area contributed by atoms with Crippen LogP contribution in [0.4, 0.5) is 0 Å². The fourth-order valence-corrected chi connectivity index (χ4v) is 2.99. The fraction of sp³-hybridized carbons (Fsp3) is 0.300. The highest BCUT2D eigenvalue weighted by Crippen LogP contribution is 2.19. The second-order valence-electron chi connectivity index (χ2n) is 5.90. The average molecular weight is 372 g/mol. The smallest absolute Gasteiger partial charge is 0.318 e. The number of halogens is 1. The van der Waals surface area contributed by atoms with Gasteiger partial charge in [0.2, 0.25) is 0 Å². The van der Waals surface area contributed by atoms with Gasteiger partial charge >= 0.3 is 5.56 Å². The van der Waals surface area contributed by atoms with Crippen molar-refractivity contribution in [2.45, 2.75) is 13.8 Å². The van der Waals surface area contributed by atoms with E-state index in [2.05, 4.69) is 23.7 Å². The number of nitrogens with zero attached hydrogens (tertiary/aromatic N) is 3. The molecule has 136 valence electrons. The third-order valence-electron chi connectivity index (χ3n) is 4.36. The Bertz CT molecular complexity index is 934. The summed E-state index contributed by atoms with van der Waals surface area (Å²) in [7, 11) is 0. The normalized spacial score (nSPS) is 11.2. The van der Waals surface area contributed by atoms with Gasteiger partial charge in [-0.25, -0.2) is 4.98 Å². The predicted octanol–water partition coefficient (Wildman–Crippen LogP) is 3.76. The highest BCUT2D eigenvalue weighted by molar-refractivity contribution is 6.30. The Hall–Kier alpha value is -2.37. The number of fused-ring (bicyclic) bond motifs is 1. The van der Waals surface area contributed by atoms with Gasteiger partial charge in [-0.1, -0.05) is 37.6 Å². The van der Waals surface area contributed by atoms with E-state index >= 15 is 0 Å². The topological polar surface area (TPSA) is 47.4 Å². The maximum atomic E-state index is 13.0. The van der Waals surface area contributed by atoms with Crippen LogP contribution in [0.15, 0.2) is 53.3 Å². The van der Waals surface area contributed by atoms with Crippen molar-refractivity contribution in [1.29, 1.82) is 0 Å². The Morgan fingerprint density at radius 2 is 1.77 bits per heavy atom. The zero-order valence-corrected chi connectivity index (χ0v) is 15.7. The molecule has 1 aromatic heterocycles. The third kappa shape index (κ3) is 3.89. The molecule has 3 rings (SSSR count). The lowest BCUT2D eigenvalue weighted by molar-refractivity contribution is 0.216. The third-order valence-corrected chi connectivity index (χ3v) is 4.61. The van der Waals surface area contributed by atoms with Crippen molar-refractivity contribution in [1.82, 2.24) is 14.5 Å². The number of ether oxygens (including phenoxy) is 1. The van der Waals surface area contributed by atoms with Crippen LogP contribution in [-0.4, -0.2) is 40.7 Å². The molecule has 3 aromatic rings. The molecule has 0 spiro atoms. The van der Waals surface area contributed by atoms with E-state index in [0.717, 1.165) is 30.8 Å².